The highest BCUT2D eigenvalue weighted by Crippen LogP contribution is 2.30. The van der Waals surface area contributed by atoms with E-state index in [0.717, 1.165) is 10.5 Å². The Bertz CT molecular complexity index is 879. The molecule has 7 heteroatoms. The van der Waals surface area contributed by atoms with Crippen molar-refractivity contribution in [3.05, 3.63) is 51.2 Å². The molecule has 1 heterocycles. The monoisotopic (exact) mass is 368 g/mol. The number of H-pyrrole nitrogens is 1. The molecule has 0 unspecified atom stereocenters. The number of aromatic amines is 1. The Kier molecular flexibility index (Phi) is 3.43. The van der Waals surface area contributed by atoms with Crippen LogP contribution < -0.4 is 0 Å². The van der Waals surface area contributed by atoms with Gasteiger partial charge in [0.2, 0.25) is 0 Å². The predicted molar refractivity (Wildman–Crippen MR) is 81.2 cm³/mol. The summed E-state index contributed by atoms with van der Waals surface area (Å²) in [5, 5.41) is 9.46. The molecular weight excluding hydrogens is 363 g/mol. The van der Waals surface area contributed by atoms with Crippen LogP contribution >= 0.6 is 27.5 Å². The molecule has 3 aromatic rings. The Morgan fingerprint density at radius 1 is 1.33 bits per heavy atom. The van der Waals surface area contributed by atoms with Gasteiger partial charge in [0.1, 0.15) is 11.6 Å². The molecule has 0 amide bonds. The number of aromatic nitrogens is 2. The summed E-state index contributed by atoms with van der Waals surface area (Å²) in [5.41, 5.74) is 1.08. The summed E-state index contributed by atoms with van der Waals surface area (Å²) < 4.78 is 14.4. The topological polar surface area (TPSA) is 66.0 Å². The van der Waals surface area contributed by atoms with Gasteiger partial charge >= 0.3 is 5.97 Å². The van der Waals surface area contributed by atoms with E-state index in [4.69, 9.17) is 16.7 Å². The van der Waals surface area contributed by atoms with Gasteiger partial charge in [0.05, 0.1) is 16.6 Å². The molecule has 4 nitrogen and oxygen atoms in total. The number of halogens is 3. The van der Waals surface area contributed by atoms with E-state index in [1.165, 1.54) is 6.07 Å². The molecule has 3 rings (SSSR count). The van der Waals surface area contributed by atoms with Gasteiger partial charge < -0.3 is 10.1 Å². The molecule has 0 radical (unpaired) electrons. The van der Waals surface area contributed by atoms with E-state index in [1.807, 2.05) is 0 Å². The van der Waals surface area contributed by atoms with Crippen molar-refractivity contribution >= 4 is 44.5 Å². The lowest BCUT2D eigenvalue weighted by atomic mass is 10.2. The van der Waals surface area contributed by atoms with Crippen LogP contribution in [0, 0.1) is 5.82 Å². The number of carbonyl (C=O) groups is 1. The standard InChI is InChI=1S/C14H7BrClFN2O2/c15-9-2-1-6(16)3-7(9)13-18-11-4-8(14(20)21)10(17)5-12(11)19-13/h1-5H,(H,18,19)(H,20,21). The fourth-order valence-corrected chi connectivity index (χ4v) is 2.61. The van der Waals surface area contributed by atoms with Gasteiger partial charge in [-0.15, -0.1) is 0 Å². The number of benzene rings is 2. The predicted octanol–water partition coefficient (Wildman–Crippen LogP) is 4.48. The Morgan fingerprint density at radius 3 is 2.81 bits per heavy atom. The van der Waals surface area contributed by atoms with Gasteiger partial charge in [-0.25, -0.2) is 14.2 Å². The van der Waals surface area contributed by atoms with Crippen molar-refractivity contribution in [1.29, 1.82) is 0 Å². The van der Waals surface area contributed by atoms with E-state index in [0.29, 0.717) is 27.4 Å². The summed E-state index contributed by atoms with van der Waals surface area (Å²) in [7, 11) is 0. The van der Waals surface area contributed by atoms with Crippen LogP contribution in [0.1, 0.15) is 10.4 Å². The van der Waals surface area contributed by atoms with E-state index < -0.39 is 17.3 Å². The van der Waals surface area contributed by atoms with E-state index in [1.54, 1.807) is 18.2 Å². The molecule has 1 aromatic heterocycles. The van der Waals surface area contributed by atoms with Crippen LogP contribution in [0.4, 0.5) is 4.39 Å². The number of nitrogens with zero attached hydrogens (tertiary/aromatic N) is 1. The molecule has 0 atom stereocenters. The van der Waals surface area contributed by atoms with Crippen LogP contribution in [-0.2, 0) is 0 Å². The summed E-state index contributed by atoms with van der Waals surface area (Å²) >= 11 is 9.35. The number of hydrogen-bond acceptors (Lipinski definition) is 2. The molecule has 0 aliphatic rings. The fourth-order valence-electron chi connectivity index (χ4n) is 2.00. The molecule has 0 saturated carbocycles. The molecule has 0 aliphatic heterocycles. The molecule has 2 N–H and O–H groups in total. The first-order chi connectivity index (χ1) is 9.95. The van der Waals surface area contributed by atoms with Gasteiger partial charge in [-0.2, -0.15) is 0 Å². The zero-order valence-electron chi connectivity index (χ0n) is 10.3. The van der Waals surface area contributed by atoms with E-state index in [2.05, 4.69) is 25.9 Å². The van der Waals surface area contributed by atoms with E-state index in [9.17, 15) is 9.18 Å². The van der Waals surface area contributed by atoms with E-state index >= 15 is 0 Å². The molecule has 0 spiro atoms. The van der Waals surface area contributed by atoms with Crippen LogP contribution in [0.25, 0.3) is 22.4 Å². The highest BCUT2D eigenvalue weighted by Gasteiger charge is 2.15. The van der Waals surface area contributed by atoms with Crippen LogP contribution in [0.15, 0.2) is 34.8 Å². The summed E-state index contributed by atoms with van der Waals surface area (Å²) in [6.45, 7) is 0. The van der Waals surface area contributed by atoms with E-state index in [-0.39, 0.29) is 0 Å². The van der Waals surface area contributed by atoms with Gasteiger partial charge in [0, 0.05) is 21.1 Å². The van der Waals surface area contributed by atoms with Gasteiger partial charge in [-0.05, 0) is 24.3 Å². The molecule has 106 valence electrons. The number of nitrogens with one attached hydrogen (secondary N) is 1. The highest BCUT2D eigenvalue weighted by atomic mass is 79.9. The average Bonchev–Trinajstić information content (AvgIpc) is 2.82. The summed E-state index contributed by atoms with van der Waals surface area (Å²) in [4.78, 5) is 18.2. The maximum Gasteiger partial charge on any atom is 0.338 e. The summed E-state index contributed by atoms with van der Waals surface area (Å²) in [5.74, 6) is -1.67. The highest BCUT2D eigenvalue weighted by molar-refractivity contribution is 9.10. The quantitative estimate of drug-likeness (QED) is 0.700. The Morgan fingerprint density at radius 2 is 2.10 bits per heavy atom. The second kappa shape index (κ2) is 5.13. The number of fused-ring (bicyclic) bond motifs is 1. The molecule has 0 aliphatic carbocycles. The lowest BCUT2D eigenvalue weighted by Crippen LogP contribution is -1.99. The fraction of sp³-hybridized carbons (Fsp3) is 0. The van der Waals surface area contributed by atoms with Crippen LogP contribution in [0.3, 0.4) is 0 Å². The van der Waals surface area contributed by atoms with Crippen molar-refractivity contribution in [2.24, 2.45) is 0 Å². The maximum absolute atomic E-state index is 13.7. The van der Waals surface area contributed by atoms with Crippen molar-refractivity contribution in [2.45, 2.75) is 0 Å². The Hall–Kier alpha value is -1.92. The molecular formula is C14H7BrClFN2O2. The molecule has 21 heavy (non-hydrogen) atoms. The lowest BCUT2D eigenvalue weighted by molar-refractivity contribution is 0.0692. The molecule has 0 bridgehead atoms. The minimum atomic E-state index is -1.33. The van der Waals surface area contributed by atoms with Gasteiger partial charge in [-0.3, -0.25) is 0 Å². The molecule has 0 fully saturated rings. The van der Waals surface area contributed by atoms with Crippen LogP contribution in [0.5, 0.6) is 0 Å². The molecule has 2 aromatic carbocycles. The number of rotatable bonds is 2. The van der Waals surface area contributed by atoms with Gasteiger partial charge in [-0.1, -0.05) is 27.5 Å². The summed E-state index contributed by atoms with van der Waals surface area (Å²) in [6.07, 6.45) is 0. The third-order valence-electron chi connectivity index (χ3n) is 2.98. The SMILES string of the molecule is O=C(O)c1cc2nc(-c3cc(Cl)ccc3Br)[nH]c2cc1F. The van der Waals surface area contributed by atoms with Crippen LogP contribution in [-0.4, -0.2) is 21.0 Å². The third kappa shape index (κ3) is 2.52. The zero-order chi connectivity index (χ0) is 15.1. The third-order valence-corrected chi connectivity index (χ3v) is 3.91. The van der Waals surface area contributed by atoms with Gasteiger partial charge in [0.25, 0.3) is 0 Å². The van der Waals surface area contributed by atoms with Crippen molar-refractivity contribution in [3.63, 3.8) is 0 Å². The van der Waals surface area contributed by atoms with Crippen LogP contribution in [0.2, 0.25) is 5.02 Å². The number of hydrogen-bond donors (Lipinski definition) is 2. The first kappa shape index (κ1) is 14.0. The van der Waals surface area contributed by atoms with Crippen molar-refractivity contribution in [3.8, 4) is 11.4 Å². The Labute approximate surface area is 131 Å². The Balaban J connectivity index is 2.21. The first-order valence-electron chi connectivity index (χ1n) is 5.83. The average molecular weight is 370 g/mol. The zero-order valence-corrected chi connectivity index (χ0v) is 12.7. The number of carboxylic acid groups (broad SMARTS) is 1. The second-order valence-corrected chi connectivity index (χ2v) is 5.65. The van der Waals surface area contributed by atoms with Gasteiger partial charge in [0.15, 0.2) is 0 Å². The first-order valence-corrected chi connectivity index (χ1v) is 7.01. The number of carboxylic acids is 1. The van der Waals surface area contributed by atoms with Crippen molar-refractivity contribution in [1.82, 2.24) is 9.97 Å². The minimum Gasteiger partial charge on any atom is -0.478 e. The molecule has 0 saturated heterocycles. The van der Waals surface area contributed by atoms with Crippen molar-refractivity contribution in [2.75, 3.05) is 0 Å². The second-order valence-electron chi connectivity index (χ2n) is 4.36. The van der Waals surface area contributed by atoms with Crippen molar-refractivity contribution < 1.29 is 14.3 Å². The number of aromatic carboxylic acids is 1. The largest absolute Gasteiger partial charge is 0.478 e. The minimum absolute atomic E-state index is 0.371. The lowest BCUT2D eigenvalue weighted by Gasteiger charge is -2.00. The summed E-state index contributed by atoms with van der Waals surface area (Å²) in [6, 6.07) is 7.52. The maximum atomic E-state index is 13.7. The number of imidazole rings is 1. The normalized spacial score (nSPS) is 11.0. The smallest absolute Gasteiger partial charge is 0.338 e.